The highest BCUT2D eigenvalue weighted by Crippen LogP contribution is 2.18. The molecule has 0 aliphatic carbocycles. The van der Waals surface area contributed by atoms with E-state index in [0.29, 0.717) is 0 Å². The van der Waals surface area contributed by atoms with Crippen LogP contribution in [0.25, 0.3) is 0 Å². The van der Waals surface area contributed by atoms with Crippen LogP contribution in [0.4, 0.5) is 0 Å². The van der Waals surface area contributed by atoms with E-state index in [2.05, 4.69) is 44.7 Å². The van der Waals surface area contributed by atoms with Crippen LogP contribution in [-0.4, -0.2) is 43.2 Å². The van der Waals surface area contributed by atoms with Crippen LogP contribution in [0.15, 0.2) is 0 Å². The number of likely N-dealkylation sites (tertiary alicyclic amines) is 1. The van der Waals surface area contributed by atoms with Crippen molar-refractivity contribution in [2.75, 3.05) is 27.2 Å². The lowest BCUT2D eigenvalue weighted by Crippen LogP contribution is -2.40. The van der Waals surface area contributed by atoms with E-state index in [1.807, 2.05) is 0 Å². The molecule has 86 valence electrons. The van der Waals surface area contributed by atoms with Crippen LogP contribution in [0.5, 0.6) is 0 Å². The molecule has 0 N–H and O–H groups in total. The molecule has 0 saturated carbocycles. The van der Waals surface area contributed by atoms with Crippen LogP contribution < -0.4 is 0 Å². The Morgan fingerprint density at radius 1 is 1.21 bits per heavy atom. The molecule has 0 aromatic carbocycles. The van der Waals surface area contributed by atoms with Gasteiger partial charge in [-0.3, -0.25) is 9.80 Å². The molecule has 1 aliphatic rings. The molecule has 1 fully saturated rings. The molecule has 1 heterocycles. The summed E-state index contributed by atoms with van der Waals surface area (Å²) in [6.45, 7) is 9.07. The van der Waals surface area contributed by atoms with Crippen molar-refractivity contribution in [2.24, 2.45) is 0 Å². The van der Waals surface area contributed by atoms with Crippen molar-refractivity contribution < 1.29 is 0 Å². The van der Waals surface area contributed by atoms with Gasteiger partial charge in [0.05, 0.1) is 6.17 Å². The van der Waals surface area contributed by atoms with Gasteiger partial charge in [-0.1, -0.05) is 27.2 Å². The summed E-state index contributed by atoms with van der Waals surface area (Å²) >= 11 is 0. The second kappa shape index (κ2) is 8.25. The van der Waals surface area contributed by atoms with Gasteiger partial charge < -0.3 is 0 Å². The smallest absolute Gasteiger partial charge is 0.0617 e. The summed E-state index contributed by atoms with van der Waals surface area (Å²) in [5, 5.41) is 0. The largest absolute Gasteiger partial charge is 0.294 e. The van der Waals surface area contributed by atoms with Gasteiger partial charge in [0.15, 0.2) is 0 Å². The molecule has 0 amide bonds. The summed E-state index contributed by atoms with van der Waals surface area (Å²) in [6, 6.07) is 0. The van der Waals surface area contributed by atoms with Crippen molar-refractivity contribution in [1.82, 2.24) is 9.80 Å². The molecular weight excluding hydrogens is 172 g/mol. The zero-order valence-corrected chi connectivity index (χ0v) is 10.7. The Balaban J connectivity index is 0.000000500. The highest BCUT2D eigenvalue weighted by molar-refractivity contribution is 4.76. The average Bonchev–Trinajstić information content (AvgIpc) is 2.54. The Hall–Kier alpha value is -0.0800. The van der Waals surface area contributed by atoms with Gasteiger partial charge in [-0.2, -0.15) is 0 Å². The number of hydrogen-bond acceptors (Lipinski definition) is 2. The van der Waals surface area contributed by atoms with E-state index >= 15 is 0 Å². The minimum atomic E-state index is 0.718. The van der Waals surface area contributed by atoms with E-state index in [-0.39, 0.29) is 0 Å². The van der Waals surface area contributed by atoms with E-state index in [4.69, 9.17) is 0 Å². The fourth-order valence-electron chi connectivity index (χ4n) is 1.94. The topological polar surface area (TPSA) is 6.48 Å². The van der Waals surface area contributed by atoms with Crippen molar-refractivity contribution >= 4 is 0 Å². The standard InChI is InChI=1S/C9H20N2.C3H8/c1-4-7-11-8-5-6-9(11)10(2)3;1-3-2/h9H,4-8H2,1-3H3;3H2,1-2H3. The average molecular weight is 200 g/mol. The number of hydrogen-bond donors (Lipinski definition) is 0. The Kier molecular flexibility index (Phi) is 8.20. The molecule has 14 heavy (non-hydrogen) atoms. The van der Waals surface area contributed by atoms with Crippen LogP contribution in [0.3, 0.4) is 0 Å². The van der Waals surface area contributed by atoms with E-state index in [0.717, 1.165) is 6.17 Å². The van der Waals surface area contributed by atoms with E-state index < -0.39 is 0 Å². The third kappa shape index (κ3) is 4.97. The molecular formula is C12H28N2. The molecule has 0 bridgehead atoms. The van der Waals surface area contributed by atoms with Crippen molar-refractivity contribution in [2.45, 2.75) is 52.6 Å². The SMILES string of the molecule is CCC.CCCN1CCCC1N(C)C. The van der Waals surface area contributed by atoms with Gasteiger partial charge in [0.1, 0.15) is 0 Å². The summed E-state index contributed by atoms with van der Waals surface area (Å²) in [7, 11) is 4.36. The predicted octanol–water partition coefficient (Wildman–Crippen LogP) is 2.80. The van der Waals surface area contributed by atoms with E-state index in [9.17, 15) is 0 Å². The summed E-state index contributed by atoms with van der Waals surface area (Å²) < 4.78 is 0. The van der Waals surface area contributed by atoms with Gasteiger partial charge in [0.2, 0.25) is 0 Å². The zero-order valence-electron chi connectivity index (χ0n) is 10.7. The summed E-state index contributed by atoms with van der Waals surface area (Å²) in [4.78, 5) is 4.92. The second-order valence-electron chi connectivity index (χ2n) is 4.33. The van der Waals surface area contributed by atoms with Gasteiger partial charge >= 0.3 is 0 Å². The molecule has 0 spiro atoms. The normalized spacial score (nSPS) is 22.3. The van der Waals surface area contributed by atoms with Crippen LogP contribution in [-0.2, 0) is 0 Å². The lowest BCUT2D eigenvalue weighted by atomic mass is 10.3. The fraction of sp³-hybridized carbons (Fsp3) is 1.00. The first-order chi connectivity index (χ1) is 6.67. The molecule has 1 atom stereocenters. The monoisotopic (exact) mass is 200 g/mol. The Bertz CT molecular complexity index is 123. The maximum absolute atomic E-state index is 2.58. The lowest BCUT2D eigenvalue weighted by Gasteiger charge is -2.29. The highest BCUT2D eigenvalue weighted by atomic mass is 15.3. The minimum absolute atomic E-state index is 0.718. The van der Waals surface area contributed by atoms with Crippen molar-refractivity contribution in [3.8, 4) is 0 Å². The Labute approximate surface area is 90.3 Å². The van der Waals surface area contributed by atoms with Gasteiger partial charge in [0, 0.05) is 0 Å². The predicted molar refractivity (Wildman–Crippen MR) is 64.5 cm³/mol. The van der Waals surface area contributed by atoms with Crippen molar-refractivity contribution in [3.63, 3.8) is 0 Å². The quantitative estimate of drug-likeness (QED) is 0.691. The highest BCUT2D eigenvalue weighted by Gasteiger charge is 2.24. The first kappa shape index (κ1) is 13.9. The Morgan fingerprint density at radius 3 is 2.21 bits per heavy atom. The van der Waals surface area contributed by atoms with Crippen molar-refractivity contribution in [3.05, 3.63) is 0 Å². The molecule has 1 saturated heterocycles. The van der Waals surface area contributed by atoms with Crippen LogP contribution >= 0.6 is 0 Å². The molecule has 1 rings (SSSR count). The number of rotatable bonds is 3. The zero-order chi connectivity index (χ0) is 11.0. The molecule has 0 aromatic heterocycles. The van der Waals surface area contributed by atoms with Gasteiger partial charge in [-0.25, -0.2) is 0 Å². The first-order valence-corrected chi connectivity index (χ1v) is 6.07. The van der Waals surface area contributed by atoms with Gasteiger partial charge in [-0.05, 0) is 46.4 Å². The second-order valence-corrected chi connectivity index (χ2v) is 4.33. The third-order valence-electron chi connectivity index (χ3n) is 2.44. The first-order valence-electron chi connectivity index (χ1n) is 6.07. The molecule has 1 unspecified atom stereocenters. The fourth-order valence-corrected chi connectivity index (χ4v) is 1.94. The van der Waals surface area contributed by atoms with Crippen molar-refractivity contribution in [1.29, 1.82) is 0 Å². The summed E-state index contributed by atoms with van der Waals surface area (Å²) in [6.07, 6.45) is 5.98. The Morgan fingerprint density at radius 2 is 1.79 bits per heavy atom. The molecule has 2 nitrogen and oxygen atoms in total. The maximum Gasteiger partial charge on any atom is 0.0617 e. The van der Waals surface area contributed by atoms with E-state index in [1.165, 1.54) is 38.8 Å². The lowest BCUT2D eigenvalue weighted by molar-refractivity contribution is 0.120. The molecule has 1 aliphatic heterocycles. The third-order valence-corrected chi connectivity index (χ3v) is 2.44. The van der Waals surface area contributed by atoms with Gasteiger partial charge in [0.25, 0.3) is 0 Å². The minimum Gasteiger partial charge on any atom is -0.294 e. The summed E-state index contributed by atoms with van der Waals surface area (Å²) in [5.74, 6) is 0. The van der Waals surface area contributed by atoms with Gasteiger partial charge in [-0.15, -0.1) is 0 Å². The maximum atomic E-state index is 2.58. The molecule has 2 heteroatoms. The molecule has 0 radical (unpaired) electrons. The van der Waals surface area contributed by atoms with Crippen LogP contribution in [0.2, 0.25) is 0 Å². The summed E-state index contributed by atoms with van der Waals surface area (Å²) in [5.41, 5.74) is 0. The van der Waals surface area contributed by atoms with E-state index in [1.54, 1.807) is 0 Å². The van der Waals surface area contributed by atoms with Crippen LogP contribution in [0, 0.1) is 0 Å². The molecule has 0 aromatic rings. The number of nitrogens with zero attached hydrogens (tertiary/aromatic N) is 2. The van der Waals surface area contributed by atoms with Crippen LogP contribution in [0.1, 0.15) is 46.5 Å².